The molecule has 1 fully saturated rings. The van der Waals surface area contributed by atoms with Gasteiger partial charge >= 0.3 is 0 Å². The van der Waals surface area contributed by atoms with E-state index in [1.165, 1.54) is 6.33 Å². The van der Waals surface area contributed by atoms with E-state index in [4.69, 9.17) is 0 Å². The van der Waals surface area contributed by atoms with Crippen molar-refractivity contribution in [3.05, 3.63) is 12.7 Å². The Morgan fingerprint density at radius 3 is 3.13 bits per heavy atom. The van der Waals surface area contributed by atoms with Crippen LogP contribution in [0.4, 0.5) is 5.82 Å². The number of carbonyl (C=O) groups excluding carboxylic acids is 1. The van der Waals surface area contributed by atoms with E-state index in [0.29, 0.717) is 18.1 Å². The Morgan fingerprint density at radius 2 is 2.30 bits per heavy atom. The van der Waals surface area contributed by atoms with E-state index in [2.05, 4.69) is 44.0 Å². The molecule has 2 aromatic rings. The lowest BCUT2D eigenvalue weighted by Gasteiger charge is -2.32. The van der Waals surface area contributed by atoms with Gasteiger partial charge in [0, 0.05) is 19.6 Å². The first-order chi connectivity index (χ1) is 11.1. The molecule has 2 N–H and O–H groups in total. The standard InChI is InChI=1S/C16H24N6O/c1-11(2)5-6-17-16(23)12-4-3-7-22(8-12)15-13-14(19-9-18-13)20-10-21-15/h9-12H,3-8H2,1-2H3,(H,17,23)(H,18,19,20,21)/t12-/m1/s1. The van der Waals surface area contributed by atoms with Crippen LogP contribution >= 0.6 is 0 Å². The zero-order valence-electron chi connectivity index (χ0n) is 13.7. The molecule has 1 aliphatic heterocycles. The molecule has 1 amide bonds. The largest absolute Gasteiger partial charge is 0.356 e. The van der Waals surface area contributed by atoms with Crippen LogP contribution in [0, 0.1) is 11.8 Å². The third-order valence-corrected chi connectivity index (χ3v) is 4.32. The SMILES string of the molecule is CC(C)CCNC(=O)[C@@H]1CCCN(c2ncnc3nc[nH]c23)C1. The highest BCUT2D eigenvalue weighted by atomic mass is 16.1. The molecule has 7 nitrogen and oxygen atoms in total. The predicted octanol–water partition coefficient (Wildman–Crippen LogP) is 1.73. The van der Waals surface area contributed by atoms with Gasteiger partial charge in [0.15, 0.2) is 11.5 Å². The number of aromatic nitrogens is 4. The molecule has 7 heteroatoms. The maximum absolute atomic E-state index is 12.4. The molecule has 3 heterocycles. The highest BCUT2D eigenvalue weighted by Crippen LogP contribution is 2.25. The molecule has 0 aromatic carbocycles. The minimum atomic E-state index is 0.0175. The number of nitrogens with one attached hydrogen (secondary N) is 2. The number of anilines is 1. The third kappa shape index (κ3) is 3.60. The van der Waals surface area contributed by atoms with Gasteiger partial charge in [0.05, 0.1) is 12.2 Å². The zero-order valence-corrected chi connectivity index (χ0v) is 13.7. The number of carbonyl (C=O) groups is 1. The predicted molar refractivity (Wildman–Crippen MR) is 89.1 cm³/mol. The summed E-state index contributed by atoms with van der Waals surface area (Å²) in [7, 11) is 0. The number of fused-ring (bicyclic) bond motifs is 1. The Hall–Kier alpha value is -2.18. The molecule has 1 saturated heterocycles. The van der Waals surface area contributed by atoms with Gasteiger partial charge in [-0.3, -0.25) is 4.79 Å². The van der Waals surface area contributed by atoms with Gasteiger partial charge in [0.2, 0.25) is 5.91 Å². The van der Waals surface area contributed by atoms with Crippen molar-refractivity contribution in [2.24, 2.45) is 11.8 Å². The van der Waals surface area contributed by atoms with Crippen molar-refractivity contribution in [2.75, 3.05) is 24.5 Å². The molecular weight excluding hydrogens is 292 g/mol. The quantitative estimate of drug-likeness (QED) is 0.877. The van der Waals surface area contributed by atoms with Crippen LogP contribution in [0.5, 0.6) is 0 Å². The number of hydrogen-bond donors (Lipinski definition) is 2. The summed E-state index contributed by atoms with van der Waals surface area (Å²) < 4.78 is 0. The van der Waals surface area contributed by atoms with Crippen molar-refractivity contribution in [1.82, 2.24) is 25.3 Å². The number of H-pyrrole nitrogens is 1. The number of hydrogen-bond acceptors (Lipinski definition) is 5. The maximum atomic E-state index is 12.4. The average molecular weight is 316 g/mol. The van der Waals surface area contributed by atoms with Crippen LogP contribution < -0.4 is 10.2 Å². The summed E-state index contributed by atoms with van der Waals surface area (Å²) >= 11 is 0. The molecule has 0 unspecified atom stereocenters. The smallest absolute Gasteiger partial charge is 0.224 e. The van der Waals surface area contributed by atoms with Crippen molar-refractivity contribution >= 4 is 22.9 Å². The van der Waals surface area contributed by atoms with E-state index in [9.17, 15) is 4.79 Å². The number of aromatic amines is 1. The summed E-state index contributed by atoms with van der Waals surface area (Å²) in [6.07, 6.45) is 6.10. The Balaban J connectivity index is 1.66. The second-order valence-electron chi connectivity index (χ2n) is 6.56. The summed E-state index contributed by atoms with van der Waals surface area (Å²) in [6.45, 7) is 6.68. The fourth-order valence-electron chi connectivity index (χ4n) is 3.00. The minimum Gasteiger partial charge on any atom is -0.356 e. The van der Waals surface area contributed by atoms with Gasteiger partial charge in [0.25, 0.3) is 0 Å². The molecule has 0 radical (unpaired) electrons. The van der Waals surface area contributed by atoms with E-state index in [1.54, 1.807) is 6.33 Å². The molecule has 0 saturated carbocycles. The zero-order chi connectivity index (χ0) is 16.2. The van der Waals surface area contributed by atoms with Crippen LogP contribution in [0.25, 0.3) is 11.2 Å². The first-order valence-corrected chi connectivity index (χ1v) is 8.32. The lowest BCUT2D eigenvalue weighted by Crippen LogP contribution is -2.43. The first kappa shape index (κ1) is 15.7. The van der Waals surface area contributed by atoms with Gasteiger partial charge in [-0.15, -0.1) is 0 Å². The van der Waals surface area contributed by atoms with Crippen LogP contribution in [0.3, 0.4) is 0 Å². The molecule has 3 rings (SSSR count). The minimum absolute atomic E-state index is 0.0175. The third-order valence-electron chi connectivity index (χ3n) is 4.32. The Bertz CT molecular complexity index is 667. The van der Waals surface area contributed by atoms with Crippen molar-refractivity contribution in [3.8, 4) is 0 Å². The molecule has 0 spiro atoms. The van der Waals surface area contributed by atoms with Crippen molar-refractivity contribution in [3.63, 3.8) is 0 Å². The van der Waals surface area contributed by atoms with E-state index in [-0.39, 0.29) is 11.8 Å². The van der Waals surface area contributed by atoms with E-state index in [1.807, 2.05) is 0 Å². The van der Waals surface area contributed by atoms with Crippen LogP contribution in [0.15, 0.2) is 12.7 Å². The average Bonchev–Trinajstić information content (AvgIpc) is 3.03. The molecule has 0 bridgehead atoms. The number of rotatable bonds is 5. The molecule has 23 heavy (non-hydrogen) atoms. The molecule has 124 valence electrons. The lowest BCUT2D eigenvalue weighted by atomic mass is 9.97. The Labute approximate surface area is 135 Å². The van der Waals surface area contributed by atoms with Gasteiger partial charge in [-0.25, -0.2) is 15.0 Å². The molecule has 1 aliphatic rings. The van der Waals surface area contributed by atoms with Crippen molar-refractivity contribution in [2.45, 2.75) is 33.1 Å². The van der Waals surface area contributed by atoms with E-state index < -0.39 is 0 Å². The molecule has 2 aromatic heterocycles. The highest BCUT2D eigenvalue weighted by molar-refractivity contribution is 5.84. The van der Waals surface area contributed by atoms with Crippen molar-refractivity contribution < 1.29 is 4.79 Å². The van der Waals surface area contributed by atoms with Crippen LogP contribution in [-0.4, -0.2) is 45.5 Å². The van der Waals surface area contributed by atoms with Crippen LogP contribution in [-0.2, 0) is 4.79 Å². The first-order valence-electron chi connectivity index (χ1n) is 8.32. The summed E-state index contributed by atoms with van der Waals surface area (Å²) in [5.41, 5.74) is 1.51. The second kappa shape index (κ2) is 6.93. The summed E-state index contributed by atoms with van der Waals surface area (Å²) in [5, 5.41) is 3.07. The number of amides is 1. The monoisotopic (exact) mass is 316 g/mol. The van der Waals surface area contributed by atoms with Crippen LogP contribution in [0.1, 0.15) is 33.1 Å². The maximum Gasteiger partial charge on any atom is 0.224 e. The fourth-order valence-corrected chi connectivity index (χ4v) is 3.00. The summed E-state index contributed by atoms with van der Waals surface area (Å²) in [4.78, 5) is 30.4. The Kier molecular flexibility index (Phi) is 4.73. The van der Waals surface area contributed by atoms with Crippen molar-refractivity contribution in [1.29, 1.82) is 0 Å². The summed E-state index contributed by atoms with van der Waals surface area (Å²) in [5.74, 6) is 1.62. The van der Waals surface area contributed by atoms with E-state index >= 15 is 0 Å². The van der Waals surface area contributed by atoms with Gasteiger partial charge in [-0.05, 0) is 25.2 Å². The molecular formula is C16H24N6O. The number of nitrogens with zero attached hydrogens (tertiary/aromatic N) is 4. The van der Waals surface area contributed by atoms with Gasteiger partial charge in [-0.2, -0.15) is 0 Å². The highest BCUT2D eigenvalue weighted by Gasteiger charge is 2.27. The number of piperidine rings is 1. The second-order valence-corrected chi connectivity index (χ2v) is 6.56. The van der Waals surface area contributed by atoms with Gasteiger partial charge in [0.1, 0.15) is 11.8 Å². The lowest BCUT2D eigenvalue weighted by molar-refractivity contribution is -0.125. The Morgan fingerprint density at radius 1 is 1.43 bits per heavy atom. The molecule has 1 atom stereocenters. The van der Waals surface area contributed by atoms with Gasteiger partial charge in [-0.1, -0.05) is 13.8 Å². The fraction of sp³-hybridized carbons (Fsp3) is 0.625. The molecule has 0 aliphatic carbocycles. The van der Waals surface area contributed by atoms with Gasteiger partial charge < -0.3 is 15.2 Å². The van der Waals surface area contributed by atoms with E-state index in [0.717, 1.165) is 43.7 Å². The number of imidazole rings is 1. The topological polar surface area (TPSA) is 86.8 Å². The normalized spacial score (nSPS) is 18.6. The van der Waals surface area contributed by atoms with Crippen LogP contribution in [0.2, 0.25) is 0 Å². The summed E-state index contributed by atoms with van der Waals surface area (Å²) in [6, 6.07) is 0.